The van der Waals surface area contributed by atoms with Crippen LogP contribution < -0.4 is 0 Å². The summed E-state index contributed by atoms with van der Waals surface area (Å²) < 4.78 is 0. The normalized spacial score (nSPS) is 27.2. The Kier molecular flexibility index (Phi) is 4.06. The Bertz CT molecular complexity index is 611. The van der Waals surface area contributed by atoms with Crippen molar-refractivity contribution in [2.75, 3.05) is 13.1 Å². The van der Waals surface area contributed by atoms with Crippen LogP contribution in [0.25, 0.3) is 0 Å². The summed E-state index contributed by atoms with van der Waals surface area (Å²) in [6.07, 6.45) is 11.8. The number of carbonyl (C=O) groups excluding carboxylic acids is 2. The van der Waals surface area contributed by atoms with Crippen LogP contribution >= 0.6 is 0 Å². The van der Waals surface area contributed by atoms with E-state index in [4.69, 9.17) is 0 Å². The number of aryl methyl sites for hydroxylation is 1. The second-order valence-corrected chi connectivity index (χ2v) is 7.47. The summed E-state index contributed by atoms with van der Waals surface area (Å²) in [5.41, 5.74) is 0.612. The lowest BCUT2D eigenvalue weighted by Gasteiger charge is -2.44. The first-order valence-electron chi connectivity index (χ1n) is 9.30. The molecule has 3 heterocycles. The quantitative estimate of drug-likeness (QED) is 0.896. The highest BCUT2D eigenvalue weighted by Crippen LogP contribution is 2.42. The van der Waals surface area contributed by atoms with Crippen molar-refractivity contribution in [1.82, 2.24) is 20.0 Å². The lowest BCUT2D eigenvalue weighted by Crippen LogP contribution is -2.61. The zero-order chi connectivity index (χ0) is 16.6. The van der Waals surface area contributed by atoms with E-state index in [0.717, 1.165) is 70.0 Å². The van der Waals surface area contributed by atoms with Gasteiger partial charge >= 0.3 is 0 Å². The molecule has 130 valence electrons. The van der Waals surface area contributed by atoms with Crippen molar-refractivity contribution < 1.29 is 9.59 Å². The van der Waals surface area contributed by atoms with E-state index < -0.39 is 5.54 Å². The van der Waals surface area contributed by atoms with Gasteiger partial charge in [0.2, 0.25) is 11.8 Å². The Hall–Kier alpha value is -1.85. The Morgan fingerprint density at radius 2 is 2.08 bits per heavy atom. The van der Waals surface area contributed by atoms with Crippen LogP contribution in [0.2, 0.25) is 0 Å². The largest absolute Gasteiger partial charge is 0.338 e. The summed E-state index contributed by atoms with van der Waals surface area (Å²) in [5, 5.41) is 6.74. The molecule has 1 aromatic rings. The molecule has 6 heteroatoms. The van der Waals surface area contributed by atoms with Gasteiger partial charge in [-0.05, 0) is 56.9 Å². The number of nitrogens with one attached hydrogen (secondary N) is 1. The second-order valence-electron chi connectivity index (χ2n) is 7.47. The van der Waals surface area contributed by atoms with Gasteiger partial charge in [-0.2, -0.15) is 5.10 Å². The molecule has 2 aliphatic heterocycles. The molecule has 1 aromatic heterocycles. The van der Waals surface area contributed by atoms with Crippen molar-refractivity contribution in [3.05, 3.63) is 18.0 Å². The molecule has 24 heavy (non-hydrogen) atoms. The first-order chi connectivity index (χ1) is 11.7. The number of piperidine rings is 1. The molecule has 1 spiro atoms. The van der Waals surface area contributed by atoms with E-state index in [1.54, 1.807) is 6.20 Å². The highest BCUT2D eigenvalue weighted by molar-refractivity contribution is 5.93. The molecule has 1 N–H and O–H groups in total. The number of amides is 2. The molecule has 1 unspecified atom stereocenters. The summed E-state index contributed by atoms with van der Waals surface area (Å²) >= 11 is 0. The summed E-state index contributed by atoms with van der Waals surface area (Å²) in [6, 6.07) is 0.452. The lowest BCUT2D eigenvalue weighted by atomic mass is 9.85. The van der Waals surface area contributed by atoms with Gasteiger partial charge < -0.3 is 9.80 Å². The van der Waals surface area contributed by atoms with Crippen molar-refractivity contribution in [3.8, 4) is 0 Å². The summed E-state index contributed by atoms with van der Waals surface area (Å²) in [4.78, 5) is 29.9. The number of hydrogen-bond donors (Lipinski definition) is 1. The first kappa shape index (κ1) is 15.7. The van der Waals surface area contributed by atoms with E-state index in [1.165, 1.54) is 0 Å². The van der Waals surface area contributed by atoms with E-state index in [1.807, 2.05) is 11.1 Å². The number of rotatable bonds is 5. The molecule has 3 fully saturated rings. The van der Waals surface area contributed by atoms with Gasteiger partial charge in [0.15, 0.2) is 0 Å². The second kappa shape index (κ2) is 6.22. The fraction of sp³-hybridized carbons (Fsp3) is 0.722. The number of likely N-dealkylation sites (tertiary alicyclic amines) is 2. The summed E-state index contributed by atoms with van der Waals surface area (Å²) in [5.74, 6) is 0.388. The molecule has 2 amide bonds. The van der Waals surface area contributed by atoms with Crippen LogP contribution in [-0.4, -0.2) is 56.5 Å². The number of carbonyl (C=O) groups is 2. The molecular weight excluding hydrogens is 304 g/mol. The monoisotopic (exact) mass is 330 g/mol. The smallest absolute Gasteiger partial charge is 0.248 e. The van der Waals surface area contributed by atoms with Crippen LogP contribution in [-0.2, 0) is 16.0 Å². The van der Waals surface area contributed by atoms with Gasteiger partial charge in [0.25, 0.3) is 0 Å². The fourth-order valence-corrected chi connectivity index (χ4v) is 4.47. The Labute approximate surface area is 142 Å². The van der Waals surface area contributed by atoms with Crippen molar-refractivity contribution in [2.45, 2.75) is 69.4 Å². The number of H-pyrrole nitrogens is 1. The predicted octanol–water partition coefficient (Wildman–Crippen LogP) is 1.88. The van der Waals surface area contributed by atoms with E-state index in [-0.39, 0.29) is 11.8 Å². The first-order valence-corrected chi connectivity index (χ1v) is 9.30. The Morgan fingerprint density at radius 1 is 1.29 bits per heavy atom. The van der Waals surface area contributed by atoms with Crippen LogP contribution in [0.3, 0.4) is 0 Å². The molecule has 0 radical (unpaired) electrons. The van der Waals surface area contributed by atoms with Crippen molar-refractivity contribution in [3.63, 3.8) is 0 Å². The average molecular weight is 330 g/mol. The lowest BCUT2D eigenvalue weighted by molar-refractivity contribution is -0.155. The topological polar surface area (TPSA) is 69.3 Å². The number of nitrogens with zero attached hydrogens (tertiary/aromatic N) is 3. The highest BCUT2D eigenvalue weighted by atomic mass is 16.2. The summed E-state index contributed by atoms with van der Waals surface area (Å²) in [6.45, 7) is 1.63. The van der Waals surface area contributed by atoms with Gasteiger partial charge in [0.1, 0.15) is 5.54 Å². The molecule has 0 bridgehead atoms. The fourth-order valence-electron chi connectivity index (χ4n) is 4.47. The van der Waals surface area contributed by atoms with Gasteiger partial charge in [0.05, 0.1) is 6.20 Å². The molecule has 3 aliphatic rings. The maximum Gasteiger partial charge on any atom is 0.248 e. The standard InChI is InChI=1S/C18H26N4O2/c23-16(5-1-4-14-12-19-20-13-14)22-11-3-9-18(22)8-2-10-21(17(18)24)15-6-7-15/h12-13,15H,1-11H2,(H,19,20). The van der Waals surface area contributed by atoms with Gasteiger partial charge in [-0.15, -0.1) is 0 Å². The van der Waals surface area contributed by atoms with E-state index in [2.05, 4.69) is 15.1 Å². The van der Waals surface area contributed by atoms with E-state index >= 15 is 0 Å². The predicted molar refractivity (Wildman–Crippen MR) is 89.2 cm³/mol. The number of aromatic amines is 1. The van der Waals surface area contributed by atoms with Crippen molar-refractivity contribution >= 4 is 11.8 Å². The van der Waals surface area contributed by atoms with Crippen molar-refractivity contribution in [2.24, 2.45) is 0 Å². The minimum Gasteiger partial charge on any atom is -0.338 e. The van der Waals surface area contributed by atoms with Crippen LogP contribution in [0.15, 0.2) is 12.4 Å². The van der Waals surface area contributed by atoms with Crippen LogP contribution in [0.5, 0.6) is 0 Å². The minimum atomic E-state index is -0.520. The van der Waals surface area contributed by atoms with Gasteiger partial charge in [-0.3, -0.25) is 14.7 Å². The zero-order valence-corrected chi connectivity index (χ0v) is 14.2. The van der Waals surface area contributed by atoms with Crippen molar-refractivity contribution in [1.29, 1.82) is 0 Å². The van der Waals surface area contributed by atoms with Gasteiger partial charge in [-0.1, -0.05) is 0 Å². The number of aromatic nitrogens is 2. The third-order valence-corrected chi connectivity index (χ3v) is 5.84. The molecule has 1 aliphatic carbocycles. The molecule has 1 atom stereocenters. The third-order valence-electron chi connectivity index (χ3n) is 5.84. The molecule has 0 aromatic carbocycles. The maximum atomic E-state index is 13.1. The highest BCUT2D eigenvalue weighted by Gasteiger charge is 2.54. The van der Waals surface area contributed by atoms with Crippen LogP contribution in [0.1, 0.15) is 56.9 Å². The van der Waals surface area contributed by atoms with E-state index in [0.29, 0.717) is 12.5 Å². The third kappa shape index (κ3) is 2.72. The van der Waals surface area contributed by atoms with Gasteiger partial charge in [-0.25, -0.2) is 0 Å². The molecule has 4 rings (SSSR count). The molecule has 1 saturated carbocycles. The Morgan fingerprint density at radius 3 is 2.79 bits per heavy atom. The average Bonchev–Trinajstić information content (AvgIpc) is 3.12. The van der Waals surface area contributed by atoms with Crippen LogP contribution in [0, 0.1) is 0 Å². The SMILES string of the molecule is O=C(CCCc1cn[nH]c1)N1CCCC12CCCN(C1CC1)C2=O. The van der Waals surface area contributed by atoms with E-state index in [9.17, 15) is 9.59 Å². The maximum absolute atomic E-state index is 13.1. The minimum absolute atomic E-state index is 0.155. The van der Waals surface area contributed by atoms with Crippen LogP contribution in [0.4, 0.5) is 0 Å². The Balaban J connectivity index is 1.41. The number of hydrogen-bond acceptors (Lipinski definition) is 3. The molecule has 2 saturated heterocycles. The van der Waals surface area contributed by atoms with Gasteiger partial charge in [0, 0.05) is 31.7 Å². The summed E-state index contributed by atoms with van der Waals surface area (Å²) in [7, 11) is 0. The zero-order valence-electron chi connectivity index (χ0n) is 14.2. The molecular formula is C18H26N4O2. The molecule has 6 nitrogen and oxygen atoms in total.